The number of benzene rings is 1. The first-order valence-corrected chi connectivity index (χ1v) is 4.05. The Hall–Kier alpha value is -1.42. The molecule has 3 nitrogen and oxygen atoms in total. The molecule has 1 aromatic rings. The topological polar surface area (TPSA) is 35.5 Å². The highest BCUT2D eigenvalue weighted by Gasteiger charge is 2.23. The molecule has 0 amide bonds. The van der Waals surface area contributed by atoms with Crippen LogP contribution in [0, 0.1) is 5.82 Å². The first-order valence-electron chi connectivity index (χ1n) is 4.05. The van der Waals surface area contributed by atoms with Crippen LogP contribution in [0.3, 0.4) is 0 Å². The van der Waals surface area contributed by atoms with Gasteiger partial charge in [0.1, 0.15) is 5.82 Å². The zero-order valence-electron chi connectivity index (χ0n) is 7.99. The molecule has 0 aliphatic heterocycles. The summed E-state index contributed by atoms with van der Waals surface area (Å²) < 4.78 is 22.6. The molecule has 76 valence electrons. The summed E-state index contributed by atoms with van der Waals surface area (Å²) in [6.07, 6.45) is -0.999. The van der Waals surface area contributed by atoms with Crippen molar-refractivity contribution in [1.29, 1.82) is 0 Å². The number of carbonyl (C=O) groups excluding carboxylic acids is 1. The second kappa shape index (κ2) is 4.72. The molecule has 0 aliphatic carbocycles. The maximum atomic E-state index is 13.2. The summed E-state index contributed by atoms with van der Waals surface area (Å²) in [6.45, 7) is 0. The van der Waals surface area contributed by atoms with E-state index in [9.17, 15) is 9.18 Å². The molecule has 0 bridgehead atoms. The molecule has 0 spiro atoms. The average molecular weight is 198 g/mol. The van der Waals surface area contributed by atoms with Crippen molar-refractivity contribution >= 4 is 5.97 Å². The van der Waals surface area contributed by atoms with E-state index in [2.05, 4.69) is 4.74 Å². The van der Waals surface area contributed by atoms with Crippen LogP contribution < -0.4 is 0 Å². The van der Waals surface area contributed by atoms with Gasteiger partial charge in [0.15, 0.2) is 6.10 Å². The van der Waals surface area contributed by atoms with Gasteiger partial charge in [-0.15, -0.1) is 0 Å². The number of esters is 1. The molecule has 1 aromatic carbocycles. The van der Waals surface area contributed by atoms with Gasteiger partial charge < -0.3 is 9.47 Å². The lowest BCUT2D eigenvalue weighted by molar-refractivity contribution is -0.152. The Kier molecular flexibility index (Phi) is 3.59. The lowest BCUT2D eigenvalue weighted by Crippen LogP contribution is -2.17. The largest absolute Gasteiger partial charge is 0.467 e. The summed E-state index contributed by atoms with van der Waals surface area (Å²) in [7, 11) is 2.56. The van der Waals surface area contributed by atoms with E-state index in [1.165, 1.54) is 26.4 Å². The van der Waals surface area contributed by atoms with Crippen molar-refractivity contribution in [1.82, 2.24) is 0 Å². The number of carbonyl (C=O) groups is 1. The summed E-state index contributed by atoms with van der Waals surface area (Å²) in [5.41, 5.74) is 0.182. The number of hydrogen-bond donors (Lipinski definition) is 0. The van der Waals surface area contributed by atoms with E-state index in [0.29, 0.717) is 0 Å². The van der Waals surface area contributed by atoms with Crippen molar-refractivity contribution in [3.63, 3.8) is 0 Å². The Balaban J connectivity index is 3.01. The van der Waals surface area contributed by atoms with Gasteiger partial charge in [-0.2, -0.15) is 0 Å². The first-order chi connectivity index (χ1) is 6.70. The monoisotopic (exact) mass is 198 g/mol. The molecule has 4 heteroatoms. The SMILES string of the molecule is COC(=O)C(OC)c1ccccc1F. The predicted octanol–water partition coefficient (Wildman–Crippen LogP) is 1.69. The minimum atomic E-state index is -0.999. The third-order valence-corrected chi connectivity index (χ3v) is 1.84. The maximum Gasteiger partial charge on any atom is 0.339 e. The molecule has 14 heavy (non-hydrogen) atoms. The highest BCUT2D eigenvalue weighted by Crippen LogP contribution is 2.20. The van der Waals surface area contributed by atoms with Crippen LogP contribution in [0.25, 0.3) is 0 Å². The molecule has 0 aromatic heterocycles. The van der Waals surface area contributed by atoms with Crippen molar-refractivity contribution in [3.05, 3.63) is 35.6 Å². The summed E-state index contributed by atoms with van der Waals surface area (Å²) >= 11 is 0. The standard InChI is InChI=1S/C10H11FO3/c1-13-9(10(12)14-2)7-5-3-4-6-8(7)11/h3-6,9H,1-2H3. The van der Waals surface area contributed by atoms with E-state index in [1.54, 1.807) is 12.1 Å². The molecular weight excluding hydrogens is 187 g/mol. The smallest absolute Gasteiger partial charge is 0.339 e. The van der Waals surface area contributed by atoms with Gasteiger partial charge in [-0.25, -0.2) is 9.18 Å². The molecule has 1 rings (SSSR count). The first kappa shape index (κ1) is 10.7. The van der Waals surface area contributed by atoms with Crippen molar-refractivity contribution in [2.24, 2.45) is 0 Å². The normalized spacial score (nSPS) is 12.2. The Morgan fingerprint density at radius 2 is 2.00 bits per heavy atom. The van der Waals surface area contributed by atoms with E-state index in [-0.39, 0.29) is 5.56 Å². The van der Waals surface area contributed by atoms with Crippen LogP contribution >= 0.6 is 0 Å². The summed E-state index contributed by atoms with van der Waals surface area (Å²) in [6, 6.07) is 5.93. The van der Waals surface area contributed by atoms with Crippen LogP contribution in [0.15, 0.2) is 24.3 Å². The fraction of sp³-hybridized carbons (Fsp3) is 0.300. The van der Waals surface area contributed by atoms with Gasteiger partial charge in [0.25, 0.3) is 0 Å². The molecule has 1 unspecified atom stereocenters. The van der Waals surface area contributed by atoms with E-state index in [0.717, 1.165) is 0 Å². The Morgan fingerprint density at radius 1 is 1.36 bits per heavy atom. The molecule has 0 saturated heterocycles. The van der Waals surface area contributed by atoms with Gasteiger partial charge >= 0.3 is 5.97 Å². The number of ether oxygens (including phenoxy) is 2. The predicted molar refractivity (Wildman–Crippen MR) is 48.2 cm³/mol. The van der Waals surface area contributed by atoms with Crippen molar-refractivity contribution in [2.75, 3.05) is 14.2 Å². The fourth-order valence-corrected chi connectivity index (χ4v) is 1.14. The average Bonchev–Trinajstić information content (AvgIpc) is 2.21. The molecule has 0 saturated carbocycles. The molecule has 0 heterocycles. The number of methoxy groups -OCH3 is 2. The second-order valence-electron chi connectivity index (χ2n) is 2.66. The Morgan fingerprint density at radius 3 is 2.50 bits per heavy atom. The van der Waals surface area contributed by atoms with Crippen LogP contribution in [0.4, 0.5) is 4.39 Å². The lowest BCUT2D eigenvalue weighted by atomic mass is 10.1. The Bertz CT molecular complexity index is 325. The van der Waals surface area contributed by atoms with Gasteiger partial charge in [-0.05, 0) is 6.07 Å². The molecule has 1 atom stereocenters. The molecule has 0 fully saturated rings. The van der Waals surface area contributed by atoms with Crippen molar-refractivity contribution in [3.8, 4) is 0 Å². The highest BCUT2D eigenvalue weighted by molar-refractivity contribution is 5.76. The number of rotatable bonds is 3. The third-order valence-electron chi connectivity index (χ3n) is 1.84. The van der Waals surface area contributed by atoms with Crippen LogP contribution in [-0.2, 0) is 14.3 Å². The van der Waals surface area contributed by atoms with Gasteiger partial charge in [0, 0.05) is 12.7 Å². The zero-order chi connectivity index (χ0) is 10.6. The number of halogens is 1. The third kappa shape index (κ3) is 2.09. The van der Waals surface area contributed by atoms with Crippen LogP contribution in [-0.4, -0.2) is 20.2 Å². The van der Waals surface area contributed by atoms with Gasteiger partial charge in [0.05, 0.1) is 7.11 Å². The van der Waals surface area contributed by atoms with Gasteiger partial charge in [-0.1, -0.05) is 18.2 Å². The molecule has 0 N–H and O–H groups in total. The second-order valence-corrected chi connectivity index (χ2v) is 2.66. The molecular formula is C10H11FO3. The highest BCUT2D eigenvalue weighted by atomic mass is 19.1. The summed E-state index contributed by atoms with van der Waals surface area (Å²) in [4.78, 5) is 11.2. The van der Waals surface area contributed by atoms with Crippen LogP contribution in [0.1, 0.15) is 11.7 Å². The van der Waals surface area contributed by atoms with E-state index in [1.807, 2.05) is 0 Å². The minimum Gasteiger partial charge on any atom is -0.467 e. The number of hydrogen-bond acceptors (Lipinski definition) is 3. The lowest BCUT2D eigenvalue weighted by Gasteiger charge is -2.13. The molecule has 0 radical (unpaired) electrons. The van der Waals surface area contributed by atoms with Crippen molar-refractivity contribution < 1.29 is 18.7 Å². The van der Waals surface area contributed by atoms with Crippen LogP contribution in [0.5, 0.6) is 0 Å². The van der Waals surface area contributed by atoms with E-state index < -0.39 is 17.9 Å². The quantitative estimate of drug-likeness (QED) is 0.693. The summed E-state index contributed by atoms with van der Waals surface area (Å²) in [5, 5.41) is 0. The van der Waals surface area contributed by atoms with Gasteiger partial charge in [-0.3, -0.25) is 0 Å². The fourth-order valence-electron chi connectivity index (χ4n) is 1.14. The maximum absolute atomic E-state index is 13.2. The van der Waals surface area contributed by atoms with Gasteiger partial charge in [0.2, 0.25) is 0 Å². The van der Waals surface area contributed by atoms with Crippen LogP contribution in [0.2, 0.25) is 0 Å². The minimum absolute atomic E-state index is 0.182. The zero-order valence-corrected chi connectivity index (χ0v) is 7.99. The summed E-state index contributed by atoms with van der Waals surface area (Å²) in [5.74, 6) is -1.10. The van der Waals surface area contributed by atoms with E-state index >= 15 is 0 Å². The molecule has 0 aliphatic rings. The van der Waals surface area contributed by atoms with E-state index in [4.69, 9.17) is 4.74 Å². The van der Waals surface area contributed by atoms with Crippen molar-refractivity contribution in [2.45, 2.75) is 6.10 Å². The Labute approximate surface area is 81.4 Å².